The summed E-state index contributed by atoms with van der Waals surface area (Å²) in [6, 6.07) is 0. The Balaban J connectivity index is 2.64. The van der Waals surface area contributed by atoms with Gasteiger partial charge in [-0.05, 0) is 9.91 Å². The lowest BCUT2D eigenvalue weighted by Crippen LogP contribution is -2.35. The van der Waals surface area contributed by atoms with Gasteiger partial charge in [0.05, 0.1) is 6.61 Å². The summed E-state index contributed by atoms with van der Waals surface area (Å²) in [7, 11) is 1.19. The average molecular weight is 312 g/mol. The lowest BCUT2D eigenvalue weighted by atomic mass is 10.4. The maximum atomic E-state index is 12.1. The molecule has 0 spiro atoms. The van der Waals surface area contributed by atoms with E-state index in [0.717, 1.165) is 9.13 Å². The van der Waals surface area contributed by atoms with Crippen molar-refractivity contribution in [3.63, 3.8) is 0 Å². The number of imidazole rings is 1. The fourth-order valence-corrected chi connectivity index (χ4v) is 1.87. The van der Waals surface area contributed by atoms with Crippen molar-refractivity contribution < 1.29 is 14.8 Å². The fourth-order valence-electron chi connectivity index (χ4n) is 1.87. The van der Waals surface area contributed by atoms with Gasteiger partial charge in [0.2, 0.25) is 5.52 Å². The maximum Gasteiger partial charge on any atom is 0.437 e. The highest BCUT2D eigenvalue weighted by Gasteiger charge is 2.27. The summed E-state index contributed by atoms with van der Waals surface area (Å²) in [4.78, 5) is 51.2. The van der Waals surface area contributed by atoms with Gasteiger partial charge in [0.15, 0.2) is 6.54 Å². The van der Waals surface area contributed by atoms with Gasteiger partial charge >= 0.3 is 11.6 Å². The van der Waals surface area contributed by atoms with Crippen LogP contribution < -0.4 is 16.6 Å². The SMILES string of the molecule is Cn1c(=O)[nH]c2nc([N+](=O)[O-])n(CC(=O)NCCO)c2c1=O. The predicted molar refractivity (Wildman–Crippen MR) is 72.3 cm³/mol. The number of aliphatic hydroxyl groups excluding tert-OH is 1. The van der Waals surface area contributed by atoms with E-state index < -0.39 is 34.6 Å². The van der Waals surface area contributed by atoms with Crippen LogP contribution in [-0.4, -0.2) is 48.2 Å². The van der Waals surface area contributed by atoms with E-state index in [1.54, 1.807) is 0 Å². The highest BCUT2D eigenvalue weighted by Crippen LogP contribution is 2.15. The Bertz CT molecular complexity index is 861. The number of hydrogen-bond acceptors (Lipinski definition) is 7. The average Bonchev–Trinajstić information content (AvgIpc) is 2.81. The molecule has 12 heteroatoms. The van der Waals surface area contributed by atoms with Gasteiger partial charge in [0.1, 0.15) is 0 Å². The van der Waals surface area contributed by atoms with Gasteiger partial charge in [-0.3, -0.25) is 19.1 Å². The monoisotopic (exact) mass is 312 g/mol. The number of nitrogens with zero attached hydrogens (tertiary/aromatic N) is 4. The zero-order valence-electron chi connectivity index (χ0n) is 11.4. The molecule has 0 saturated heterocycles. The molecule has 118 valence electrons. The van der Waals surface area contributed by atoms with Crippen molar-refractivity contribution in [1.82, 2.24) is 24.4 Å². The molecule has 22 heavy (non-hydrogen) atoms. The van der Waals surface area contributed by atoms with E-state index in [0.29, 0.717) is 0 Å². The van der Waals surface area contributed by atoms with Crippen molar-refractivity contribution in [2.75, 3.05) is 13.2 Å². The molecule has 0 aliphatic carbocycles. The molecule has 0 aromatic carbocycles. The third-order valence-corrected chi connectivity index (χ3v) is 2.88. The molecule has 2 heterocycles. The first-order valence-electron chi connectivity index (χ1n) is 6.08. The van der Waals surface area contributed by atoms with Crippen LogP contribution in [0.5, 0.6) is 0 Å². The molecule has 0 aliphatic rings. The van der Waals surface area contributed by atoms with Crippen molar-refractivity contribution in [3.8, 4) is 0 Å². The molecular weight excluding hydrogens is 300 g/mol. The molecule has 0 atom stereocenters. The number of aliphatic hydroxyl groups is 1. The molecule has 3 N–H and O–H groups in total. The number of carbonyl (C=O) groups is 1. The highest BCUT2D eigenvalue weighted by molar-refractivity contribution is 5.80. The molecule has 0 bridgehead atoms. The van der Waals surface area contributed by atoms with Gasteiger partial charge in [-0.2, -0.15) is 0 Å². The Kier molecular flexibility index (Phi) is 4.03. The molecular formula is C10H12N6O6. The van der Waals surface area contributed by atoms with Crippen LogP contribution in [0.25, 0.3) is 11.2 Å². The minimum Gasteiger partial charge on any atom is -0.395 e. The van der Waals surface area contributed by atoms with Crippen molar-refractivity contribution in [2.24, 2.45) is 7.05 Å². The minimum absolute atomic E-state index is 0.0336. The molecule has 1 amide bonds. The summed E-state index contributed by atoms with van der Waals surface area (Å²) < 4.78 is 1.52. The Labute approximate surface area is 121 Å². The number of nitro groups is 1. The lowest BCUT2D eigenvalue weighted by molar-refractivity contribution is -0.396. The number of rotatable bonds is 5. The molecule has 2 rings (SSSR count). The third kappa shape index (κ3) is 2.58. The molecule has 2 aromatic rings. The van der Waals surface area contributed by atoms with Gasteiger partial charge in [-0.15, -0.1) is 0 Å². The van der Waals surface area contributed by atoms with Gasteiger partial charge < -0.3 is 20.5 Å². The topological polar surface area (TPSA) is 165 Å². The standard InChI is InChI=1S/C10H12N6O6/c1-14-8(19)6-7(13-10(14)20)12-9(16(21)22)15(6)4-5(18)11-2-3-17/h17H,2-4H2,1H3,(H,11,18)(H,13,20). The zero-order chi connectivity index (χ0) is 16.4. The Morgan fingerprint density at radius 2 is 2.18 bits per heavy atom. The van der Waals surface area contributed by atoms with E-state index in [9.17, 15) is 24.5 Å². The first-order valence-corrected chi connectivity index (χ1v) is 6.08. The smallest absolute Gasteiger partial charge is 0.395 e. The molecule has 2 aromatic heterocycles. The van der Waals surface area contributed by atoms with Gasteiger partial charge in [0, 0.05) is 13.6 Å². The molecule has 0 unspecified atom stereocenters. The highest BCUT2D eigenvalue weighted by atomic mass is 16.6. The van der Waals surface area contributed by atoms with Crippen LogP contribution in [0.2, 0.25) is 0 Å². The van der Waals surface area contributed by atoms with Crippen LogP contribution >= 0.6 is 0 Å². The number of H-pyrrole nitrogens is 1. The first kappa shape index (κ1) is 15.4. The summed E-state index contributed by atoms with van der Waals surface area (Å²) >= 11 is 0. The summed E-state index contributed by atoms with van der Waals surface area (Å²) in [5, 5.41) is 22.0. The van der Waals surface area contributed by atoms with E-state index in [-0.39, 0.29) is 24.3 Å². The minimum atomic E-state index is -0.864. The molecule has 0 fully saturated rings. The third-order valence-electron chi connectivity index (χ3n) is 2.88. The number of aromatic amines is 1. The van der Waals surface area contributed by atoms with Gasteiger partial charge in [-0.25, -0.2) is 9.36 Å². The Morgan fingerprint density at radius 3 is 2.77 bits per heavy atom. The van der Waals surface area contributed by atoms with Crippen LogP contribution in [0, 0.1) is 10.1 Å². The Hall–Kier alpha value is -3.02. The molecule has 0 aliphatic heterocycles. The number of carbonyl (C=O) groups excluding carboxylic acids is 1. The van der Waals surface area contributed by atoms with Crippen LogP contribution in [0.3, 0.4) is 0 Å². The van der Waals surface area contributed by atoms with Crippen molar-refractivity contribution >= 4 is 23.0 Å². The van der Waals surface area contributed by atoms with Gasteiger partial charge in [-0.1, -0.05) is 0 Å². The van der Waals surface area contributed by atoms with Crippen LogP contribution in [0.1, 0.15) is 0 Å². The van der Waals surface area contributed by atoms with Crippen LogP contribution in [0.4, 0.5) is 5.95 Å². The quantitative estimate of drug-likeness (QED) is 0.403. The molecule has 0 radical (unpaired) electrons. The lowest BCUT2D eigenvalue weighted by Gasteiger charge is -2.04. The zero-order valence-corrected chi connectivity index (χ0v) is 11.4. The second-order valence-electron chi connectivity index (χ2n) is 4.32. The summed E-state index contributed by atoms with van der Waals surface area (Å²) in [6.07, 6.45) is 0. The number of hydrogen-bond donors (Lipinski definition) is 3. The normalized spacial score (nSPS) is 10.8. The number of fused-ring (bicyclic) bond motifs is 1. The number of aromatic nitrogens is 4. The first-order chi connectivity index (χ1) is 10.4. The Morgan fingerprint density at radius 1 is 1.50 bits per heavy atom. The summed E-state index contributed by atoms with van der Waals surface area (Å²) in [5.74, 6) is -1.39. The van der Waals surface area contributed by atoms with E-state index in [1.165, 1.54) is 7.05 Å². The largest absolute Gasteiger partial charge is 0.437 e. The molecule has 12 nitrogen and oxygen atoms in total. The van der Waals surface area contributed by atoms with Gasteiger partial charge in [0.25, 0.3) is 17.1 Å². The number of nitrogens with one attached hydrogen (secondary N) is 2. The van der Waals surface area contributed by atoms with E-state index >= 15 is 0 Å². The van der Waals surface area contributed by atoms with Crippen molar-refractivity contribution in [1.29, 1.82) is 0 Å². The fraction of sp³-hybridized carbons (Fsp3) is 0.400. The summed E-state index contributed by atoms with van der Waals surface area (Å²) in [6.45, 7) is -0.879. The summed E-state index contributed by atoms with van der Waals surface area (Å²) in [5.41, 5.74) is -2.11. The van der Waals surface area contributed by atoms with Crippen molar-refractivity contribution in [2.45, 2.75) is 6.54 Å². The van der Waals surface area contributed by atoms with Crippen LogP contribution in [-0.2, 0) is 18.4 Å². The second-order valence-corrected chi connectivity index (χ2v) is 4.32. The predicted octanol–water partition coefficient (Wildman–Crippen LogP) is -2.56. The van der Waals surface area contributed by atoms with E-state index in [2.05, 4.69) is 15.3 Å². The second kappa shape index (κ2) is 5.77. The maximum absolute atomic E-state index is 12.1. The van der Waals surface area contributed by atoms with E-state index in [1.807, 2.05) is 0 Å². The van der Waals surface area contributed by atoms with E-state index in [4.69, 9.17) is 5.11 Å². The van der Waals surface area contributed by atoms with Crippen molar-refractivity contribution in [3.05, 3.63) is 31.0 Å². The number of amides is 1. The molecule has 0 saturated carbocycles. The van der Waals surface area contributed by atoms with Crippen LogP contribution in [0.15, 0.2) is 9.59 Å².